The molecule has 1 aromatic rings. The summed E-state index contributed by atoms with van der Waals surface area (Å²) in [7, 11) is 1.93. The predicted molar refractivity (Wildman–Crippen MR) is 80.5 cm³/mol. The summed E-state index contributed by atoms with van der Waals surface area (Å²) in [5, 5.41) is 3.22. The number of ether oxygens (including phenoxy) is 1. The van der Waals surface area contributed by atoms with Crippen LogP contribution in [0.25, 0.3) is 0 Å². The average molecular weight is 276 g/mol. The molecule has 5 heteroatoms. The highest BCUT2D eigenvalue weighted by atomic mass is 16.5. The van der Waals surface area contributed by atoms with Gasteiger partial charge in [0.15, 0.2) is 0 Å². The highest BCUT2D eigenvalue weighted by Gasteiger charge is 2.35. The number of morpholine rings is 1. The largest absolute Gasteiger partial charge is 0.377 e. The van der Waals surface area contributed by atoms with Crippen molar-refractivity contribution in [2.75, 3.05) is 37.0 Å². The van der Waals surface area contributed by atoms with E-state index in [9.17, 15) is 0 Å². The van der Waals surface area contributed by atoms with Gasteiger partial charge in [0, 0.05) is 25.1 Å². The van der Waals surface area contributed by atoms with Gasteiger partial charge >= 0.3 is 0 Å². The molecule has 20 heavy (non-hydrogen) atoms. The van der Waals surface area contributed by atoms with Gasteiger partial charge in [-0.05, 0) is 33.6 Å². The maximum atomic E-state index is 5.62. The molecule has 5 nitrogen and oxygen atoms in total. The van der Waals surface area contributed by atoms with Crippen molar-refractivity contribution in [1.29, 1.82) is 0 Å². The van der Waals surface area contributed by atoms with Gasteiger partial charge in [-0.2, -0.15) is 0 Å². The Morgan fingerprint density at radius 2 is 2.05 bits per heavy atom. The van der Waals surface area contributed by atoms with Crippen LogP contribution >= 0.6 is 0 Å². The molecule has 2 aliphatic rings. The summed E-state index contributed by atoms with van der Waals surface area (Å²) >= 11 is 0. The molecule has 2 fully saturated rings. The van der Waals surface area contributed by atoms with Crippen molar-refractivity contribution in [3.63, 3.8) is 0 Å². The monoisotopic (exact) mass is 276 g/mol. The number of rotatable bonds is 3. The molecule has 0 radical (unpaired) electrons. The van der Waals surface area contributed by atoms with Crippen LogP contribution in [0.5, 0.6) is 0 Å². The Hall–Kier alpha value is -1.36. The van der Waals surface area contributed by atoms with Crippen LogP contribution in [0.15, 0.2) is 0 Å². The Balaban J connectivity index is 2.04. The zero-order chi connectivity index (χ0) is 14.3. The van der Waals surface area contributed by atoms with Crippen LogP contribution < -0.4 is 10.2 Å². The molecule has 2 heterocycles. The fourth-order valence-corrected chi connectivity index (χ4v) is 2.80. The van der Waals surface area contributed by atoms with E-state index in [1.54, 1.807) is 0 Å². The molecule has 1 saturated heterocycles. The van der Waals surface area contributed by atoms with Crippen molar-refractivity contribution in [1.82, 2.24) is 9.97 Å². The smallest absolute Gasteiger partial charge is 0.137 e. The van der Waals surface area contributed by atoms with E-state index in [2.05, 4.69) is 36.0 Å². The average Bonchev–Trinajstić information content (AvgIpc) is 3.23. The minimum absolute atomic E-state index is 0.0246. The maximum Gasteiger partial charge on any atom is 0.137 e. The van der Waals surface area contributed by atoms with Gasteiger partial charge in [0.1, 0.15) is 17.5 Å². The standard InChI is InChI=1S/C15H24N4O/c1-10-12(16-4)17-13(11-5-6-11)18-14(10)19-7-8-20-9-15(19,2)3/h11H,5-9H2,1-4H3,(H,16,17,18). The minimum atomic E-state index is -0.0246. The molecule has 3 rings (SSSR count). The lowest BCUT2D eigenvalue weighted by Crippen LogP contribution is -2.53. The van der Waals surface area contributed by atoms with E-state index in [4.69, 9.17) is 9.72 Å². The van der Waals surface area contributed by atoms with Crippen LogP contribution in [0, 0.1) is 6.92 Å². The van der Waals surface area contributed by atoms with Crippen molar-refractivity contribution in [3.05, 3.63) is 11.4 Å². The maximum absolute atomic E-state index is 5.62. The summed E-state index contributed by atoms with van der Waals surface area (Å²) in [5.41, 5.74) is 1.11. The topological polar surface area (TPSA) is 50.3 Å². The Kier molecular flexibility index (Phi) is 3.32. The fraction of sp³-hybridized carbons (Fsp3) is 0.733. The summed E-state index contributed by atoms with van der Waals surface area (Å²) in [6.07, 6.45) is 2.44. The van der Waals surface area contributed by atoms with Crippen LogP contribution in [0.1, 0.15) is 44.0 Å². The number of anilines is 2. The first-order valence-corrected chi connectivity index (χ1v) is 7.44. The quantitative estimate of drug-likeness (QED) is 0.918. The first kappa shape index (κ1) is 13.6. The van der Waals surface area contributed by atoms with Crippen molar-refractivity contribution in [3.8, 4) is 0 Å². The van der Waals surface area contributed by atoms with E-state index in [0.717, 1.165) is 42.8 Å². The van der Waals surface area contributed by atoms with Gasteiger partial charge in [-0.1, -0.05) is 0 Å². The second-order valence-corrected chi connectivity index (χ2v) is 6.42. The summed E-state index contributed by atoms with van der Waals surface area (Å²) in [5.74, 6) is 3.58. The van der Waals surface area contributed by atoms with Crippen molar-refractivity contribution < 1.29 is 4.74 Å². The molecule has 0 unspecified atom stereocenters. The third-order valence-electron chi connectivity index (χ3n) is 4.22. The molecular weight excluding hydrogens is 252 g/mol. The van der Waals surface area contributed by atoms with E-state index in [1.807, 2.05) is 7.05 Å². The summed E-state index contributed by atoms with van der Waals surface area (Å²) in [4.78, 5) is 11.9. The molecule has 110 valence electrons. The number of nitrogens with one attached hydrogen (secondary N) is 1. The summed E-state index contributed by atoms with van der Waals surface area (Å²) < 4.78 is 5.62. The van der Waals surface area contributed by atoms with Gasteiger partial charge in [0.2, 0.25) is 0 Å². The lowest BCUT2D eigenvalue weighted by molar-refractivity contribution is 0.0638. The molecule has 1 saturated carbocycles. The van der Waals surface area contributed by atoms with Gasteiger partial charge in [-0.15, -0.1) is 0 Å². The summed E-state index contributed by atoms with van der Waals surface area (Å²) in [6, 6.07) is 0. The minimum Gasteiger partial charge on any atom is -0.377 e. The molecule has 1 N–H and O–H groups in total. The van der Waals surface area contributed by atoms with Crippen molar-refractivity contribution in [2.45, 2.75) is 45.1 Å². The number of hydrogen-bond donors (Lipinski definition) is 1. The van der Waals surface area contributed by atoms with E-state index < -0.39 is 0 Å². The molecule has 0 spiro atoms. The third-order valence-corrected chi connectivity index (χ3v) is 4.22. The lowest BCUT2D eigenvalue weighted by Gasteiger charge is -2.43. The van der Waals surface area contributed by atoms with Gasteiger partial charge in [-0.25, -0.2) is 9.97 Å². The van der Waals surface area contributed by atoms with E-state index >= 15 is 0 Å². The SMILES string of the molecule is CNc1nc(C2CC2)nc(N2CCOCC2(C)C)c1C. The van der Waals surface area contributed by atoms with E-state index in [-0.39, 0.29) is 5.54 Å². The van der Waals surface area contributed by atoms with Crippen LogP contribution in [-0.2, 0) is 4.74 Å². The van der Waals surface area contributed by atoms with E-state index in [1.165, 1.54) is 12.8 Å². The lowest BCUT2D eigenvalue weighted by atomic mass is 10.0. The third kappa shape index (κ3) is 2.35. The molecule has 0 bridgehead atoms. The normalized spacial score (nSPS) is 21.9. The Labute approximate surface area is 120 Å². The van der Waals surface area contributed by atoms with E-state index in [0.29, 0.717) is 5.92 Å². The molecule has 0 aromatic carbocycles. The van der Waals surface area contributed by atoms with Gasteiger partial charge < -0.3 is 15.0 Å². The number of aromatic nitrogens is 2. The molecule has 0 amide bonds. The zero-order valence-electron chi connectivity index (χ0n) is 12.9. The first-order chi connectivity index (χ1) is 9.53. The number of hydrogen-bond acceptors (Lipinski definition) is 5. The highest BCUT2D eigenvalue weighted by Crippen LogP contribution is 2.40. The molecule has 0 atom stereocenters. The predicted octanol–water partition coefficient (Wildman–Crippen LogP) is 2.32. The van der Waals surface area contributed by atoms with Gasteiger partial charge in [-0.3, -0.25) is 0 Å². The van der Waals surface area contributed by atoms with Crippen LogP contribution in [0.4, 0.5) is 11.6 Å². The second-order valence-electron chi connectivity index (χ2n) is 6.42. The first-order valence-electron chi connectivity index (χ1n) is 7.44. The van der Waals surface area contributed by atoms with Crippen LogP contribution in [0.2, 0.25) is 0 Å². The number of nitrogens with zero attached hydrogens (tertiary/aromatic N) is 3. The zero-order valence-corrected chi connectivity index (χ0v) is 12.9. The van der Waals surface area contributed by atoms with Gasteiger partial charge in [0.25, 0.3) is 0 Å². The van der Waals surface area contributed by atoms with Crippen LogP contribution in [0.3, 0.4) is 0 Å². The molecular formula is C15H24N4O. The Bertz CT molecular complexity index is 511. The highest BCUT2D eigenvalue weighted by molar-refractivity contribution is 5.60. The Morgan fingerprint density at radius 1 is 1.30 bits per heavy atom. The van der Waals surface area contributed by atoms with Crippen LogP contribution in [-0.4, -0.2) is 42.3 Å². The summed E-state index contributed by atoms with van der Waals surface area (Å²) in [6.45, 7) is 8.92. The fourth-order valence-electron chi connectivity index (χ4n) is 2.80. The van der Waals surface area contributed by atoms with Crippen molar-refractivity contribution in [2.24, 2.45) is 0 Å². The van der Waals surface area contributed by atoms with Gasteiger partial charge in [0.05, 0.1) is 18.8 Å². The molecule has 1 aliphatic heterocycles. The Morgan fingerprint density at radius 3 is 2.65 bits per heavy atom. The molecule has 1 aromatic heterocycles. The molecule has 1 aliphatic carbocycles. The second kappa shape index (κ2) is 4.88. The van der Waals surface area contributed by atoms with Crippen molar-refractivity contribution >= 4 is 11.6 Å².